The van der Waals surface area contributed by atoms with Gasteiger partial charge in [-0.1, -0.05) is 23.2 Å². The number of halogens is 2. The average molecular weight is 361 g/mol. The summed E-state index contributed by atoms with van der Waals surface area (Å²) in [6, 6.07) is 11.2. The van der Waals surface area contributed by atoms with E-state index in [1.807, 2.05) is 0 Å². The van der Waals surface area contributed by atoms with E-state index in [0.29, 0.717) is 34.8 Å². The molecule has 0 unspecified atom stereocenters. The predicted molar refractivity (Wildman–Crippen MR) is 87.0 cm³/mol. The molecule has 118 valence electrons. The molecule has 2 aromatic rings. The zero-order valence-corrected chi connectivity index (χ0v) is 14.1. The van der Waals surface area contributed by atoms with Crippen LogP contribution in [0.2, 0.25) is 10.0 Å². The summed E-state index contributed by atoms with van der Waals surface area (Å²) in [5.41, 5.74) is 0. The summed E-state index contributed by atoms with van der Waals surface area (Å²) in [6.45, 7) is 0.604. The molecule has 0 aromatic heterocycles. The Kier molecular flexibility index (Phi) is 5.56. The predicted octanol–water partition coefficient (Wildman–Crippen LogP) is 3.85. The number of ether oxygens (including phenoxy) is 2. The highest BCUT2D eigenvalue weighted by Gasteiger charge is 2.06. The highest BCUT2D eigenvalue weighted by Crippen LogP contribution is 2.27. The summed E-state index contributed by atoms with van der Waals surface area (Å²) in [5.74, 6) is 1.10. The molecule has 0 N–H and O–H groups in total. The number of sulfone groups is 1. The van der Waals surface area contributed by atoms with Crippen LogP contribution in [0.15, 0.2) is 47.4 Å². The fourth-order valence-corrected chi connectivity index (χ4v) is 2.78. The van der Waals surface area contributed by atoms with Crippen LogP contribution in [0.1, 0.15) is 0 Å². The number of rotatable bonds is 6. The van der Waals surface area contributed by atoms with Crippen LogP contribution < -0.4 is 9.47 Å². The molecule has 22 heavy (non-hydrogen) atoms. The second kappa shape index (κ2) is 7.22. The van der Waals surface area contributed by atoms with Crippen molar-refractivity contribution in [3.05, 3.63) is 52.5 Å². The van der Waals surface area contributed by atoms with Crippen LogP contribution in [0.25, 0.3) is 0 Å². The van der Waals surface area contributed by atoms with Gasteiger partial charge in [-0.05, 0) is 42.5 Å². The summed E-state index contributed by atoms with van der Waals surface area (Å²) in [6.07, 6.45) is 1.16. The third kappa shape index (κ3) is 4.80. The van der Waals surface area contributed by atoms with E-state index in [1.165, 1.54) is 12.1 Å². The Hall–Kier alpha value is -1.43. The Balaban J connectivity index is 1.84. The molecule has 2 aromatic carbocycles. The first-order valence-electron chi connectivity index (χ1n) is 6.37. The van der Waals surface area contributed by atoms with Crippen LogP contribution in [-0.4, -0.2) is 27.9 Å². The minimum atomic E-state index is -3.19. The molecular formula is C15H14Cl2O4S. The number of hydrogen-bond donors (Lipinski definition) is 0. The summed E-state index contributed by atoms with van der Waals surface area (Å²) in [4.78, 5) is 0.254. The van der Waals surface area contributed by atoms with Gasteiger partial charge in [0.05, 0.1) is 9.92 Å². The molecule has 0 fully saturated rings. The lowest BCUT2D eigenvalue weighted by molar-refractivity contribution is 0.217. The molecule has 0 bridgehead atoms. The van der Waals surface area contributed by atoms with Gasteiger partial charge in [0.25, 0.3) is 0 Å². The van der Waals surface area contributed by atoms with Crippen molar-refractivity contribution < 1.29 is 17.9 Å². The first-order chi connectivity index (χ1) is 10.4. The molecule has 7 heteroatoms. The van der Waals surface area contributed by atoms with Crippen molar-refractivity contribution in [2.45, 2.75) is 4.90 Å². The van der Waals surface area contributed by atoms with Crippen LogP contribution in [0.5, 0.6) is 11.5 Å². The Morgan fingerprint density at radius 3 is 2.18 bits per heavy atom. The van der Waals surface area contributed by atoms with E-state index in [-0.39, 0.29) is 4.90 Å². The number of hydrogen-bond acceptors (Lipinski definition) is 4. The normalized spacial score (nSPS) is 11.2. The Labute approximate surface area is 139 Å². The van der Waals surface area contributed by atoms with Crippen molar-refractivity contribution in [3.63, 3.8) is 0 Å². The molecular weight excluding hydrogens is 347 g/mol. The van der Waals surface area contributed by atoms with Gasteiger partial charge >= 0.3 is 0 Å². The SMILES string of the molecule is CS(=O)(=O)c1ccc(OCCOc2ccc(Cl)cc2Cl)cc1. The molecule has 0 aliphatic rings. The van der Waals surface area contributed by atoms with E-state index < -0.39 is 9.84 Å². The van der Waals surface area contributed by atoms with Gasteiger partial charge in [0.1, 0.15) is 24.7 Å². The van der Waals surface area contributed by atoms with Gasteiger partial charge in [-0.3, -0.25) is 0 Å². The van der Waals surface area contributed by atoms with Crippen LogP contribution >= 0.6 is 23.2 Å². The van der Waals surface area contributed by atoms with Crippen molar-refractivity contribution >= 4 is 33.0 Å². The van der Waals surface area contributed by atoms with Crippen molar-refractivity contribution in [2.75, 3.05) is 19.5 Å². The molecule has 0 saturated heterocycles. The zero-order valence-electron chi connectivity index (χ0n) is 11.8. The van der Waals surface area contributed by atoms with Crippen molar-refractivity contribution in [3.8, 4) is 11.5 Å². The molecule has 0 spiro atoms. The van der Waals surface area contributed by atoms with Gasteiger partial charge in [-0.25, -0.2) is 8.42 Å². The summed E-state index contributed by atoms with van der Waals surface area (Å²) in [5, 5.41) is 0.976. The van der Waals surface area contributed by atoms with Crippen molar-refractivity contribution in [1.29, 1.82) is 0 Å². The quantitative estimate of drug-likeness (QED) is 0.734. The largest absolute Gasteiger partial charge is 0.490 e. The van der Waals surface area contributed by atoms with Gasteiger partial charge in [-0.15, -0.1) is 0 Å². The van der Waals surface area contributed by atoms with Crippen LogP contribution in [0.3, 0.4) is 0 Å². The third-order valence-electron chi connectivity index (χ3n) is 2.76. The maximum absolute atomic E-state index is 11.3. The Morgan fingerprint density at radius 2 is 1.59 bits per heavy atom. The van der Waals surface area contributed by atoms with Crippen LogP contribution in [0.4, 0.5) is 0 Å². The lowest BCUT2D eigenvalue weighted by Crippen LogP contribution is -2.09. The minimum Gasteiger partial charge on any atom is -0.490 e. The molecule has 0 heterocycles. The number of benzene rings is 2. The molecule has 0 saturated carbocycles. The molecule has 0 atom stereocenters. The summed E-state index contributed by atoms with van der Waals surface area (Å²) >= 11 is 11.8. The lowest BCUT2D eigenvalue weighted by atomic mass is 10.3. The van der Waals surface area contributed by atoms with Crippen molar-refractivity contribution in [1.82, 2.24) is 0 Å². The second-order valence-electron chi connectivity index (χ2n) is 4.52. The molecule has 0 radical (unpaired) electrons. The summed E-state index contributed by atoms with van der Waals surface area (Å²) in [7, 11) is -3.19. The van der Waals surface area contributed by atoms with Crippen LogP contribution in [-0.2, 0) is 9.84 Å². The fraction of sp³-hybridized carbons (Fsp3) is 0.200. The Morgan fingerprint density at radius 1 is 0.955 bits per heavy atom. The third-order valence-corrected chi connectivity index (χ3v) is 4.41. The first-order valence-corrected chi connectivity index (χ1v) is 9.02. The minimum absolute atomic E-state index is 0.254. The van der Waals surface area contributed by atoms with E-state index in [0.717, 1.165) is 6.26 Å². The van der Waals surface area contributed by atoms with E-state index in [9.17, 15) is 8.42 Å². The fourth-order valence-electron chi connectivity index (χ4n) is 1.69. The topological polar surface area (TPSA) is 52.6 Å². The van der Waals surface area contributed by atoms with Gasteiger partial charge in [0.2, 0.25) is 0 Å². The maximum Gasteiger partial charge on any atom is 0.175 e. The zero-order chi connectivity index (χ0) is 16.2. The van der Waals surface area contributed by atoms with Crippen LogP contribution in [0, 0.1) is 0 Å². The van der Waals surface area contributed by atoms with Gasteiger partial charge in [-0.2, -0.15) is 0 Å². The highest BCUT2D eigenvalue weighted by atomic mass is 35.5. The van der Waals surface area contributed by atoms with Crippen molar-refractivity contribution in [2.24, 2.45) is 0 Å². The smallest absolute Gasteiger partial charge is 0.175 e. The second-order valence-corrected chi connectivity index (χ2v) is 7.37. The highest BCUT2D eigenvalue weighted by molar-refractivity contribution is 7.90. The molecule has 4 nitrogen and oxygen atoms in total. The van der Waals surface area contributed by atoms with E-state index >= 15 is 0 Å². The maximum atomic E-state index is 11.3. The summed E-state index contributed by atoms with van der Waals surface area (Å²) < 4.78 is 33.6. The van der Waals surface area contributed by atoms with Gasteiger partial charge in [0.15, 0.2) is 9.84 Å². The molecule has 0 aliphatic carbocycles. The monoisotopic (exact) mass is 360 g/mol. The van der Waals surface area contributed by atoms with E-state index in [2.05, 4.69) is 0 Å². The standard InChI is InChI=1S/C15H14Cl2O4S/c1-22(18,19)13-5-3-12(4-6-13)20-8-9-21-15-7-2-11(16)10-14(15)17/h2-7,10H,8-9H2,1H3. The molecule has 0 amide bonds. The lowest BCUT2D eigenvalue weighted by Gasteiger charge is -2.10. The molecule has 0 aliphatic heterocycles. The Bertz CT molecular complexity index is 743. The van der Waals surface area contributed by atoms with Gasteiger partial charge in [0, 0.05) is 11.3 Å². The molecule has 2 rings (SSSR count). The van der Waals surface area contributed by atoms with E-state index in [4.69, 9.17) is 32.7 Å². The van der Waals surface area contributed by atoms with E-state index in [1.54, 1.807) is 30.3 Å². The average Bonchev–Trinajstić information content (AvgIpc) is 2.45. The van der Waals surface area contributed by atoms with Gasteiger partial charge < -0.3 is 9.47 Å². The first kappa shape index (κ1) is 16.9.